The molecule has 0 radical (unpaired) electrons. The second-order valence-electron chi connectivity index (χ2n) is 6.49. The molecular weight excluding hydrogens is 370 g/mol. The van der Waals surface area contributed by atoms with E-state index in [1.807, 2.05) is 13.0 Å². The largest absolute Gasteiger partial charge is 0.462 e. The maximum Gasteiger partial charge on any atom is 0.310 e. The summed E-state index contributed by atoms with van der Waals surface area (Å²) in [6, 6.07) is 3.61. The Balaban J connectivity index is 1.59. The van der Waals surface area contributed by atoms with E-state index in [2.05, 4.69) is 21.2 Å². The Morgan fingerprint density at radius 2 is 2.18 bits per heavy atom. The number of aryl methyl sites for hydroxylation is 1. The Bertz CT molecular complexity index is 690. The highest BCUT2D eigenvalue weighted by Gasteiger charge is 2.63. The maximum absolute atomic E-state index is 12.7. The van der Waals surface area contributed by atoms with Crippen LogP contribution in [0.15, 0.2) is 16.6 Å². The van der Waals surface area contributed by atoms with Crippen LogP contribution in [0.5, 0.6) is 0 Å². The first-order chi connectivity index (χ1) is 10.5. The summed E-state index contributed by atoms with van der Waals surface area (Å²) in [7, 11) is 0. The molecule has 5 atom stereocenters. The van der Waals surface area contributed by atoms with Gasteiger partial charge in [-0.25, -0.2) is 0 Å². The lowest BCUT2D eigenvalue weighted by Gasteiger charge is -2.24. The fourth-order valence-corrected chi connectivity index (χ4v) is 4.98. The van der Waals surface area contributed by atoms with Crippen molar-refractivity contribution in [3.63, 3.8) is 0 Å². The summed E-state index contributed by atoms with van der Waals surface area (Å²) in [5, 5.41) is 3.51. The van der Waals surface area contributed by atoms with Crippen LogP contribution < -0.4 is 5.32 Å². The van der Waals surface area contributed by atoms with Crippen molar-refractivity contribution >= 4 is 45.1 Å². The van der Waals surface area contributed by atoms with Crippen LogP contribution in [0.4, 0.5) is 5.69 Å². The first-order valence-corrected chi connectivity index (χ1v) is 8.60. The zero-order valence-corrected chi connectivity index (χ0v) is 14.3. The van der Waals surface area contributed by atoms with Crippen molar-refractivity contribution in [1.29, 1.82) is 0 Å². The molecule has 6 heteroatoms. The van der Waals surface area contributed by atoms with Gasteiger partial charge in [0.1, 0.15) is 6.10 Å². The minimum Gasteiger partial charge on any atom is -0.462 e. The van der Waals surface area contributed by atoms with Crippen LogP contribution in [0.1, 0.15) is 18.4 Å². The number of fused-ring (bicyclic) bond motifs is 1. The van der Waals surface area contributed by atoms with Crippen LogP contribution in [-0.2, 0) is 14.3 Å². The smallest absolute Gasteiger partial charge is 0.310 e. The van der Waals surface area contributed by atoms with Crippen LogP contribution in [0.2, 0.25) is 5.02 Å². The lowest BCUT2D eigenvalue weighted by atomic mass is 9.79. The number of ether oxygens (including phenoxy) is 1. The Labute approximate surface area is 141 Å². The van der Waals surface area contributed by atoms with Crippen molar-refractivity contribution in [2.24, 2.45) is 23.7 Å². The molecule has 0 aromatic heterocycles. The number of hydrogen-bond donors (Lipinski definition) is 1. The predicted molar refractivity (Wildman–Crippen MR) is 85.6 cm³/mol. The molecule has 2 bridgehead atoms. The molecule has 2 saturated carbocycles. The Morgan fingerprint density at radius 3 is 2.95 bits per heavy atom. The Kier molecular flexibility index (Phi) is 3.28. The van der Waals surface area contributed by atoms with Crippen molar-refractivity contribution in [2.75, 3.05) is 5.32 Å². The number of carbonyl (C=O) groups is 2. The number of rotatable bonds is 2. The summed E-state index contributed by atoms with van der Waals surface area (Å²) < 4.78 is 6.18. The third-order valence-electron chi connectivity index (χ3n) is 5.31. The summed E-state index contributed by atoms with van der Waals surface area (Å²) in [5.74, 6) is -0.300. The van der Waals surface area contributed by atoms with E-state index in [1.54, 1.807) is 6.07 Å². The van der Waals surface area contributed by atoms with Gasteiger partial charge in [0, 0.05) is 16.1 Å². The van der Waals surface area contributed by atoms with Crippen molar-refractivity contribution < 1.29 is 14.3 Å². The summed E-state index contributed by atoms with van der Waals surface area (Å²) in [6.45, 7) is 1.91. The molecule has 1 N–H and O–H groups in total. The van der Waals surface area contributed by atoms with Gasteiger partial charge in [0.05, 0.1) is 16.9 Å². The first-order valence-electron chi connectivity index (χ1n) is 7.42. The summed E-state index contributed by atoms with van der Waals surface area (Å²) >= 11 is 9.47. The van der Waals surface area contributed by atoms with E-state index >= 15 is 0 Å². The molecule has 5 unspecified atom stereocenters. The molecule has 1 aliphatic heterocycles. The van der Waals surface area contributed by atoms with E-state index in [1.165, 1.54) is 0 Å². The molecule has 0 spiro atoms. The van der Waals surface area contributed by atoms with Crippen LogP contribution in [0.25, 0.3) is 0 Å². The molecule has 1 aromatic carbocycles. The lowest BCUT2D eigenvalue weighted by Crippen LogP contribution is -2.36. The first kappa shape index (κ1) is 14.5. The fraction of sp³-hybridized carbons (Fsp3) is 0.500. The van der Waals surface area contributed by atoms with E-state index in [0.29, 0.717) is 10.7 Å². The van der Waals surface area contributed by atoms with Gasteiger partial charge in [-0.2, -0.15) is 0 Å². The van der Waals surface area contributed by atoms with Gasteiger partial charge < -0.3 is 10.1 Å². The number of nitrogens with one attached hydrogen (secondary N) is 1. The standard InChI is InChI=1S/C16H15BrClNO3/c1-6-2-9(17)10(18)5-11(6)19-15(20)13-7-3-8-12(4-7)22-16(21)14(8)13/h2,5,7-8,12-14H,3-4H2,1H3,(H,19,20). The monoisotopic (exact) mass is 383 g/mol. The van der Waals surface area contributed by atoms with Crippen LogP contribution in [-0.4, -0.2) is 18.0 Å². The molecule has 3 fully saturated rings. The fourth-order valence-electron chi connectivity index (χ4n) is 4.36. The van der Waals surface area contributed by atoms with Crippen LogP contribution in [0.3, 0.4) is 0 Å². The molecule has 22 heavy (non-hydrogen) atoms. The Hall–Kier alpha value is -1.07. The number of halogens is 2. The number of amides is 1. The molecule has 4 nitrogen and oxygen atoms in total. The number of carbonyl (C=O) groups excluding carboxylic acids is 2. The van der Waals surface area contributed by atoms with Gasteiger partial charge >= 0.3 is 5.97 Å². The summed E-state index contributed by atoms with van der Waals surface area (Å²) in [5.41, 5.74) is 1.63. The van der Waals surface area contributed by atoms with Crippen molar-refractivity contribution in [3.05, 3.63) is 27.2 Å². The van der Waals surface area contributed by atoms with E-state index in [4.69, 9.17) is 16.3 Å². The normalized spacial score (nSPS) is 34.9. The van der Waals surface area contributed by atoms with E-state index in [9.17, 15) is 9.59 Å². The third kappa shape index (κ3) is 2.02. The molecule has 1 heterocycles. The second kappa shape index (κ2) is 4.96. The van der Waals surface area contributed by atoms with Crippen LogP contribution in [0, 0.1) is 30.6 Å². The number of benzene rings is 1. The highest BCUT2D eigenvalue weighted by Crippen LogP contribution is 2.57. The third-order valence-corrected chi connectivity index (χ3v) is 6.51. The van der Waals surface area contributed by atoms with Crippen molar-refractivity contribution in [3.8, 4) is 0 Å². The second-order valence-corrected chi connectivity index (χ2v) is 7.75. The average Bonchev–Trinajstić information content (AvgIpc) is 3.05. The lowest BCUT2D eigenvalue weighted by molar-refractivity contribution is -0.145. The molecule has 3 aliphatic rings. The SMILES string of the molecule is Cc1cc(Br)c(Cl)cc1NC(=O)C1C2CC3OC(=O)C1C3C2. The predicted octanol–water partition coefficient (Wildman–Crippen LogP) is 3.55. The van der Waals surface area contributed by atoms with Crippen molar-refractivity contribution in [2.45, 2.75) is 25.9 Å². The molecule has 1 aromatic rings. The summed E-state index contributed by atoms with van der Waals surface area (Å²) in [6.07, 6.45) is 1.81. The highest BCUT2D eigenvalue weighted by molar-refractivity contribution is 9.10. The van der Waals surface area contributed by atoms with Gasteiger partial charge in [-0.1, -0.05) is 11.6 Å². The molecule has 116 valence electrons. The number of anilines is 1. The maximum atomic E-state index is 12.7. The topological polar surface area (TPSA) is 55.4 Å². The highest BCUT2D eigenvalue weighted by atomic mass is 79.9. The zero-order chi connectivity index (χ0) is 15.6. The average molecular weight is 385 g/mol. The molecular formula is C16H15BrClNO3. The minimum absolute atomic E-state index is 0.0513. The van der Waals surface area contributed by atoms with E-state index in [0.717, 1.165) is 22.9 Å². The number of esters is 1. The molecule has 4 rings (SSSR count). The van der Waals surface area contributed by atoms with Gasteiger partial charge in [-0.15, -0.1) is 0 Å². The van der Waals surface area contributed by atoms with Gasteiger partial charge in [-0.05, 0) is 59.3 Å². The molecule has 1 amide bonds. The minimum atomic E-state index is -0.266. The molecule has 1 saturated heterocycles. The number of hydrogen-bond acceptors (Lipinski definition) is 3. The van der Waals surface area contributed by atoms with Gasteiger partial charge in [0.25, 0.3) is 0 Å². The summed E-state index contributed by atoms with van der Waals surface area (Å²) in [4.78, 5) is 24.7. The van der Waals surface area contributed by atoms with Crippen molar-refractivity contribution in [1.82, 2.24) is 0 Å². The van der Waals surface area contributed by atoms with Gasteiger partial charge in [0.2, 0.25) is 5.91 Å². The quantitative estimate of drug-likeness (QED) is 0.793. The van der Waals surface area contributed by atoms with E-state index in [-0.39, 0.29) is 41.7 Å². The Morgan fingerprint density at radius 1 is 1.41 bits per heavy atom. The molecule has 2 aliphatic carbocycles. The zero-order valence-electron chi connectivity index (χ0n) is 11.9. The van der Waals surface area contributed by atoms with Crippen LogP contribution >= 0.6 is 27.5 Å². The van der Waals surface area contributed by atoms with Gasteiger partial charge in [-0.3, -0.25) is 9.59 Å². The van der Waals surface area contributed by atoms with Gasteiger partial charge in [0.15, 0.2) is 0 Å². The van der Waals surface area contributed by atoms with E-state index < -0.39 is 0 Å².